The maximum atomic E-state index is 1.56. The van der Waals surface area contributed by atoms with Gasteiger partial charge in [-0.2, -0.15) is 0 Å². The molecule has 0 bridgehead atoms. The molecule has 0 heteroatoms. The fourth-order valence-electron chi connectivity index (χ4n) is 3.03. The third-order valence-corrected chi connectivity index (χ3v) is 3.72. The molecule has 0 aromatic heterocycles. The van der Waals surface area contributed by atoms with Crippen molar-refractivity contribution in [2.24, 2.45) is 11.8 Å². The second-order valence-electron chi connectivity index (χ2n) is 4.44. The first-order valence-corrected chi connectivity index (χ1v) is 5.47. The zero-order valence-corrected chi connectivity index (χ0v) is 7.52. The second kappa shape index (κ2) is 3.60. The van der Waals surface area contributed by atoms with Gasteiger partial charge in [-0.3, -0.25) is 0 Å². The summed E-state index contributed by atoms with van der Waals surface area (Å²) in [5.41, 5.74) is 0. The normalized spacial score (nSPS) is 39.3. The van der Waals surface area contributed by atoms with Crippen LogP contribution in [0.15, 0.2) is 0 Å². The molecule has 2 fully saturated rings. The first kappa shape index (κ1) is 7.64. The predicted molar refractivity (Wildman–Crippen MR) is 48.5 cm³/mol. The average molecular weight is 152 g/mol. The van der Waals surface area contributed by atoms with E-state index >= 15 is 0 Å². The zero-order chi connectivity index (χ0) is 7.52. The van der Waals surface area contributed by atoms with Crippen LogP contribution in [0.4, 0.5) is 0 Å². The van der Waals surface area contributed by atoms with E-state index in [-0.39, 0.29) is 0 Å². The Morgan fingerprint density at radius 1 is 0.455 bits per heavy atom. The summed E-state index contributed by atoms with van der Waals surface area (Å²) >= 11 is 0. The molecule has 2 atom stereocenters. The summed E-state index contributed by atoms with van der Waals surface area (Å²) in [5.74, 6) is 2.29. The van der Waals surface area contributed by atoms with Gasteiger partial charge < -0.3 is 0 Å². The van der Waals surface area contributed by atoms with Gasteiger partial charge in [-0.05, 0) is 11.8 Å². The largest absolute Gasteiger partial charge is 0.0533 e. The van der Waals surface area contributed by atoms with Crippen molar-refractivity contribution < 1.29 is 0 Å². The molecule has 2 saturated carbocycles. The number of rotatable bonds is 0. The van der Waals surface area contributed by atoms with Gasteiger partial charge in [0.15, 0.2) is 0 Å². The Bertz CT molecular complexity index is 103. The van der Waals surface area contributed by atoms with E-state index in [2.05, 4.69) is 0 Å². The van der Waals surface area contributed by atoms with Gasteiger partial charge in [-0.1, -0.05) is 57.8 Å². The molecule has 0 aromatic carbocycles. The molecule has 0 nitrogen and oxygen atoms in total. The molecule has 0 heterocycles. The minimum atomic E-state index is 1.14. The van der Waals surface area contributed by atoms with Crippen LogP contribution in [0.2, 0.25) is 0 Å². The molecule has 0 radical (unpaired) electrons. The van der Waals surface area contributed by atoms with Gasteiger partial charge in [-0.15, -0.1) is 0 Å². The van der Waals surface area contributed by atoms with Gasteiger partial charge in [-0.25, -0.2) is 0 Å². The highest BCUT2D eigenvalue weighted by atomic mass is 14.3. The summed E-state index contributed by atoms with van der Waals surface area (Å²) in [6.45, 7) is 0. The number of hydrogen-bond donors (Lipinski definition) is 0. The minimum absolute atomic E-state index is 1.14. The monoisotopic (exact) mass is 152 g/mol. The fourth-order valence-corrected chi connectivity index (χ4v) is 3.03. The van der Waals surface area contributed by atoms with Crippen LogP contribution in [-0.4, -0.2) is 0 Å². The molecule has 11 heavy (non-hydrogen) atoms. The zero-order valence-electron chi connectivity index (χ0n) is 7.52. The van der Waals surface area contributed by atoms with Crippen molar-refractivity contribution in [2.75, 3.05) is 0 Å². The SMILES string of the molecule is C1CCC2CCCCC2CC1. The van der Waals surface area contributed by atoms with E-state index < -0.39 is 0 Å². The Kier molecular flexibility index (Phi) is 2.50. The summed E-state index contributed by atoms with van der Waals surface area (Å²) in [6, 6.07) is 0. The Morgan fingerprint density at radius 2 is 0.818 bits per heavy atom. The molecule has 2 rings (SSSR count). The highest BCUT2D eigenvalue weighted by Crippen LogP contribution is 2.38. The molecule has 2 aliphatic carbocycles. The van der Waals surface area contributed by atoms with E-state index in [4.69, 9.17) is 0 Å². The van der Waals surface area contributed by atoms with Crippen molar-refractivity contribution in [1.82, 2.24) is 0 Å². The van der Waals surface area contributed by atoms with E-state index in [0.29, 0.717) is 0 Å². The van der Waals surface area contributed by atoms with Crippen LogP contribution in [0, 0.1) is 11.8 Å². The first-order valence-electron chi connectivity index (χ1n) is 5.47. The quantitative estimate of drug-likeness (QED) is 0.496. The lowest BCUT2D eigenvalue weighted by Crippen LogP contribution is -2.17. The van der Waals surface area contributed by atoms with E-state index in [1.807, 2.05) is 0 Å². The van der Waals surface area contributed by atoms with E-state index in [1.54, 1.807) is 25.7 Å². The maximum absolute atomic E-state index is 1.56. The Labute approximate surface area is 70.4 Å². The summed E-state index contributed by atoms with van der Waals surface area (Å²) in [6.07, 6.45) is 13.9. The van der Waals surface area contributed by atoms with Crippen molar-refractivity contribution in [3.05, 3.63) is 0 Å². The van der Waals surface area contributed by atoms with Gasteiger partial charge >= 0.3 is 0 Å². The van der Waals surface area contributed by atoms with Crippen LogP contribution in [-0.2, 0) is 0 Å². The van der Waals surface area contributed by atoms with E-state index in [0.717, 1.165) is 11.8 Å². The molecule has 64 valence electrons. The Hall–Kier alpha value is 0. The molecule has 0 saturated heterocycles. The lowest BCUT2D eigenvalue weighted by Gasteiger charge is -2.29. The molecular weight excluding hydrogens is 132 g/mol. The molecule has 0 N–H and O–H groups in total. The topological polar surface area (TPSA) is 0 Å². The van der Waals surface area contributed by atoms with Crippen LogP contribution >= 0.6 is 0 Å². The molecular formula is C11H20. The van der Waals surface area contributed by atoms with Crippen molar-refractivity contribution in [2.45, 2.75) is 57.8 Å². The average Bonchev–Trinajstić information content (AvgIpc) is 2.28. The van der Waals surface area contributed by atoms with Gasteiger partial charge in [0, 0.05) is 0 Å². The lowest BCUT2D eigenvalue weighted by molar-refractivity contribution is 0.224. The predicted octanol–water partition coefficient (Wildman–Crippen LogP) is 3.76. The van der Waals surface area contributed by atoms with E-state index in [9.17, 15) is 0 Å². The lowest BCUT2D eigenvalue weighted by atomic mass is 9.77. The van der Waals surface area contributed by atoms with Gasteiger partial charge in [0.25, 0.3) is 0 Å². The number of hydrogen-bond acceptors (Lipinski definition) is 0. The number of fused-ring (bicyclic) bond motifs is 1. The molecule has 0 amide bonds. The third kappa shape index (κ3) is 1.77. The standard InChI is InChI=1S/C11H20/c1-2-6-10-8-4-5-9-11(10)7-3-1/h10-11H,1-9H2. The van der Waals surface area contributed by atoms with Crippen molar-refractivity contribution in [3.63, 3.8) is 0 Å². The Morgan fingerprint density at radius 3 is 1.27 bits per heavy atom. The summed E-state index contributed by atoms with van der Waals surface area (Å²) in [7, 11) is 0. The van der Waals surface area contributed by atoms with Crippen molar-refractivity contribution >= 4 is 0 Å². The molecule has 0 spiro atoms. The molecule has 2 unspecified atom stereocenters. The Balaban J connectivity index is 1.93. The van der Waals surface area contributed by atoms with Crippen LogP contribution in [0.3, 0.4) is 0 Å². The summed E-state index contributed by atoms with van der Waals surface area (Å²) < 4.78 is 0. The van der Waals surface area contributed by atoms with Crippen molar-refractivity contribution in [3.8, 4) is 0 Å². The van der Waals surface area contributed by atoms with E-state index in [1.165, 1.54) is 32.1 Å². The molecule has 0 aromatic rings. The second-order valence-corrected chi connectivity index (χ2v) is 4.44. The molecule has 0 aliphatic heterocycles. The highest BCUT2D eigenvalue weighted by Gasteiger charge is 2.25. The van der Waals surface area contributed by atoms with Crippen LogP contribution in [0.1, 0.15) is 57.8 Å². The summed E-state index contributed by atoms with van der Waals surface area (Å²) in [5, 5.41) is 0. The van der Waals surface area contributed by atoms with Gasteiger partial charge in [0.2, 0.25) is 0 Å². The van der Waals surface area contributed by atoms with Gasteiger partial charge in [0.05, 0.1) is 0 Å². The fraction of sp³-hybridized carbons (Fsp3) is 1.00. The van der Waals surface area contributed by atoms with Crippen LogP contribution in [0.5, 0.6) is 0 Å². The van der Waals surface area contributed by atoms with Gasteiger partial charge in [0.1, 0.15) is 0 Å². The molecule has 2 aliphatic rings. The highest BCUT2D eigenvalue weighted by molar-refractivity contribution is 4.77. The third-order valence-electron chi connectivity index (χ3n) is 3.72. The van der Waals surface area contributed by atoms with Crippen LogP contribution < -0.4 is 0 Å². The van der Waals surface area contributed by atoms with Crippen LogP contribution in [0.25, 0.3) is 0 Å². The first-order chi connectivity index (χ1) is 5.47. The minimum Gasteiger partial charge on any atom is -0.0533 e. The maximum Gasteiger partial charge on any atom is -0.0386 e. The van der Waals surface area contributed by atoms with Crippen molar-refractivity contribution in [1.29, 1.82) is 0 Å². The summed E-state index contributed by atoms with van der Waals surface area (Å²) in [4.78, 5) is 0. The smallest absolute Gasteiger partial charge is 0.0386 e.